The predicted octanol–water partition coefficient (Wildman–Crippen LogP) is 4.44. The number of benzene rings is 2. The molecule has 0 amide bonds. The molecule has 4 nitrogen and oxygen atoms in total. The van der Waals surface area contributed by atoms with Crippen LogP contribution in [0, 0.1) is 0 Å². The van der Waals surface area contributed by atoms with Gasteiger partial charge in [-0.05, 0) is 52.3 Å². The van der Waals surface area contributed by atoms with Crippen LogP contribution in [0.3, 0.4) is 0 Å². The summed E-state index contributed by atoms with van der Waals surface area (Å²) < 4.78 is 12.8. The Balaban J connectivity index is 1.92. The normalized spacial score (nSPS) is 10.7. The fraction of sp³-hybridized carbons (Fsp3) is 0.0714. The number of hydrogen-bond acceptors (Lipinski definition) is 5. The molecule has 2 N–H and O–H groups in total. The third-order valence-corrected chi connectivity index (χ3v) is 4.25. The summed E-state index contributed by atoms with van der Waals surface area (Å²) >= 11 is 4.91. The largest absolute Gasteiger partial charge is 0.497 e. The highest BCUT2D eigenvalue weighted by molar-refractivity contribution is 9.10. The van der Waals surface area contributed by atoms with Crippen molar-refractivity contribution in [3.8, 4) is 16.7 Å². The standard InChI is InChI=1S/C14H11BrN2O2S/c1-18-9-3-5-12(10(15)7-9)19-14-17-11-4-2-8(16)6-13(11)20-14/h2-7H,16H2,1H3. The van der Waals surface area contributed by atoms with E-state index in [1.807, 2.05) is 36.4 Å². The Hall–Kier alpha value is -1.79. The van der Waals surface area contributed by atoms with Crippen molar-refractivity contribution in [3.05, 3.63) is 40.9 Å². The van der Waals surface area contributed by atoms with Gasteiger partial charge in [0, 0.05) is 5.69 Å². The molecule has 6 heteroatoms. The van der Waals surface area contributed by atoms with Crippen molar-refractivity contribution in [3.63, 3.8) is 0 Å². The fourth-order valence-corrected chi connectivity index (χ4v) is 3.06. The molecule has 1 heterocycles. The Morgan fingerprint density at radius 1 is 1.20 bits per heavy atom. The zero-order chi connectivity index (χ0) is 14.1. The number of nitrogen functional groups attached to an aromatic ring is 1. The second kappa shape index (κ2) is 5.30. The van der Waals surface area contributed by atoms with Gasteiger partial charge >= 0.3 is 0 Å². The van der Waals surface area contributed by atoms with E-state index in [1.165, 1.54) is 11.3 Å². The van der Waals surface area contributed by atoms with Gasteiger partial charge < -0.3 is 15.2 Å². The van der Waals surface area contributed by atoms with E-state index in [4.69, 9.17) is 15.2 Å². The van der Waals surface area contributed by atoms with Crippen LogP contribution in [0.1, 0.15) is 0 Å². The first-order chi connectivity index (χ1) is 9.65. The molecule has 0 unspecified atom stereocenters. The Kier molecular flexibility index (Phi) is 3.50. The van der Waals surface area contributed by atoms with Crippen molar-refractivity contribution >= 4 is 43.2 Å². The van der Waals surface area contributed by atoms with E-state index in [1.54, 1.807) is 7.11 Å². The lowest BCUT2D eigenvalue weighted by atomic mass is 10.3. The summed E-state index contributed by atoms with van der Waals surface area (Å²) in [4.78, 5) is 4.42. The number of aromatic nitrogens is 1. The summed E-state index contributed by atoms with van der Waals surface area (Å²) in [7, 11) is 1.63. The second-order valence-corrected chi connectivity index (χ2v) is 5.95. The van der Waals surface area contributed by atoms with E-state index in [2.05, 4.69) is 20.9 Å². The van der Waals surface area contributed by atoms with Crippen LogP contribution < -0.4 is 15.2 Å². The number of rotatable bonds is 3. The molecule has 0 fully saturated rings. The predicted molar refractivity (Wildman–Crippen MR) is 84.8 cm³/mol. The molecule has 0 radical (unpaired) electrons. The van der Waals surface area contributed by atoms with Crippen molar-refractivity contribution in [1.29, 1.82) is 0 Å². The van der Waals surface area contributed by atoms with Gasteiger partial charge in [-0.15, -0.1) is 0 Å². The Labute approximate surface area is 128 Å². The summed E-state index contributed by atoms with van der Waals surface area (Å²) in [5, 5.41) is 0.580. The van der Waals surface area contributed by atoms with E-state index >= 15 is 0 Å². The first-order valence-corrected chi connectivity index (χ1v) is 7.44. The molecule has 0 spiro atoms. The maximum atomic E-state index is 5.80. The number of methoxy groups -OCH3 is 1. The van der Waals surface area contributed by atoms with Crippen LogP contribution in [0.5, 0.6) is 16.7 Å². The second-order valence-electron chi connectivity index (χ2n) is 4.11. The Morgan fingerprint density at radius 3 is 2.80 bits per heavy atom. The number of thiazole rings is 1. The van der Waals surface area contributed by atoms with Crippen molar-refractivity contribution in [1.82, 2.24) is 4.98 Å². The molecule has 102 valence electrons. The Morgan fingerprint density at radius 2 is 2.05 bits per heavy atom. The maximum absolute atomic E-state index is 5.80. The average Bonchev–Trinajstić information content (AvgIpc) is 2.82. The average molecular weight is 351 g/mol. The van der Waals surface area contributed by atoms with Crippen molar-refractivity contribution in [2.45, 2.75) is 0 Å². The lowest BCUT2D eigenvalue weighted by Crippen LogP contribution is -1.87. The number of hydrogen-bond donors (Lipinski definition) is 1. The molecule has 0 saturated heterocycles. The van der Waals surface area contributed by atoms with Crippen LogP contribution in [0.25, 0.3) is 10.2 Å². The lowest BCUT2D eigenvalue weighted by Gasteiger charge is -2.06. The first-order valence-electron chi connectivity index (χ1n) is 5.83. The van der Waals surface area contributed by atoms with E-state index in [-0.39, 0.29) is 0 Å². The molecular weight excluding hydrogens is 340 g/mol. The van der Waals surface area contributed by atoms with Gasteiger partial charge in [0.1, 0.15) is 11.5 Å². The molecule has 0 aliphatic rings. The fourth-order valence-electron chi connectivity index (χ4n) is 1.75. The van der Waals surface area contributed by atoms with Gasteiger partial charge in [-0.25, -0.2) is 4.98 Å². The summed E-state index contributed by atoms with van der Waals surface area (Å²) in [6, 6.07) is 11.1. The molecule has 3 rings (SSSR count). The smallest absolute Gasteiger partial charge is 0.279 e. The maximum Gasteiger partial charge on any atom is 0.279 e. The lowest BCUT2D eigenvalue weighted by molar-refractivity contribution is 0.412. The van der Waals surface area contributed by atoms with E-state index in [0.717, 1.165) is 26.1 Å². The van der Waals surface area contributed by atoms with Crippen molar-refractivity contribution < 1.29 is 9.47 Å². The number of ether oxygens (including phenoxy) is 2. The summed E-state index contributed by atoms with van der Waals surface area (Å²) in [6.45, 7) is 0. The van der Waals surface area contributed by atoms with Crippen LogP contribution in [-0.4, -0.2) is 12.1 Å². The van der Waals surface area contributed by atoms with Gasteiger partial charge in [0.25, 0.3) is 5.19 Å². The van der Waals surface area contributed by atoms with E-state index < -0.39 is 0 Å². The molecule has 0 aliphatic carbocycles. The van der Waals surface area contributed by atoms with Crippen LogP contribution >= 0.6 is 27.3 Å². The summed E-state index contributed by atoms with van der Waals surface area (Å²) in [5.41, 5.74) is 7.36. The zero-order valence-corrected chi connectivity index (χ0v) is 13.0. The SMILES string of the molecule is COc1ccc(Oc2nc3ccc(N)cc3s2)c(Br)c1. The molecule has 2 aromatic carbocycles. The van der Waals surface area contributed by atoms with Crippen molar-refractivity contribution in [2.75, 3.05) is 12.8 Å². The van der Waals surface area contributed by atoms with Crippen LogP contribution in [0.4, 0.5) is 5.69 Å². The highest BCUT2D eigenvalue weighted by atomic mass is 79.9. The number of fused-ring (bicyclic) bond motifs is 1. The highest BCUT2D eigenvalue weighted by Crippen LogP contribution is 2.36. The van der Waals surface area contributed by atoms with E-state index in [9.17, 15) is 0 Å². The van der Waals surface area contributed by atoms with Crippen LogP contribution in [-0.2, 0) is 0 Å². The van der Waals surface area contributed by atoms with Gasteiger partial charge in [-0.1, -0.05) is 11.3 Å². The molecule has 20 heavy (non-hydrogen) atoms. The molecule has 3 aromatic rings. The monoisotopic (exact) mass is 350 g/mol. The van der Waals surface area contributed by atoms with Crippen LogP contribution in [0.2, 0.25) is 0 Å². The first kappa shape index (κ1) is 13.2. The molecule has 0 saturated carbocycles. The molecule has 1 aromatic heterocycles. The Bertz CT molecular complexity index is 773. The summed E-state index contributed by atoms with van der Waals surface area (Å²) in [5.74, 6) is 1.46. The highest BCUT2D eigenvalue weighted by Gasteiger charge is 2.09. The number of nitrogens with two attached hydrogens (primary N) is 1. The van der Waals surface area contributed by atoms with Crippen LogP contribution in [0.15, 0.2) is 40.9 Å². The zero-order valence-electron chi connectivity index (χ0n) is 10.6. The number of anilines is 1. The van der Waals surface area contributed by atoms with Gasteiger partial charge in [0.2, 0.25) is 0 Å². The third kappa shape index (κ3) is 2.57. The third-order valence-electron chi connectivity index (χ3n) is 2.73. The van der Waals surface area contributed by atoms with Gasteiger partial charge in [0.15, 0.2) is 0 Å². The van der Waals surface area contributed by atoms with E-state index in [0.29, 0.717) is 10.9 Å². The minimum absolute atomic E-state index is 0.580. The topological polar surface area (TPSA) is 57.4 Å². The van der Waals surface area contributed by atoms with Gasteiger partial charge in [-0.2, -0.15) is 0 Å². The van der Waals surface area contributed by atoms with Gasteiger partial charge in [0.05, 0.1) is 21.8 Å². The number of nitrogens with zero attached hydrogens (tertiary/aromatic N) is 1. The minimum atomic E-state index is 0.580. The van der Waals surface area contributed by atoms with Crippen molar-refractivity contribution in [2.24, 2.45) is 0 Å². The quantitative estimate of drug-likeness (QED) is 0.709. The molecule has 0 atom stereocenters. The minimum Gasteiger partial charge on any atom is -0.497 e. The molecular formula is C14H11BrN2O2S. The summed E-state index contributed by atoms with van der Waals surface area (Å²) in [6.07, 6.45) is 0. The number of halogens is 1. The molecule has 0 bridgehead atoms. The molecule has 0 aliphatic heterocycles. The van der Waals surface area contributed by atoms with Gasteiger partial charge in [-0.3, -0.25) is 0 Å².